The number of pyridine rings is 1. The summed E-state index contributed by atoms with van der Waals surface area (Å²) in [7, 11) is 0. The van der Waals surface area contributed by atoms with Crippen LogP contribution in [0, 0.1) is 6.92 Å². The molecule has 1 aromatic heterocycles. The summed E-state index contributed by atoms with van der Waals surface area (Å²) < 4.78 is 0. The van der Waals surface area contributed by atoms with Crippen molar-refractivity contribution in [3.05, 3.63) is 36.4 Å². The summed E-state index contributed by atoms with van der Waals surface area (Å²) in [6, 6.07) is 2.03. The van der Waals surface area contributed by atoms with Crippen LogP contribution >= 0.6 is 0 Å². The predicted molar refractivity (Wildman–Crippen MR) is 65.8 cm³/mol. The number of nitrogens with two attached hydrogens (primary N) is 1. The molecule has 0 spiro atoms. The zero-order valence-electron chi connectivity index (χ0n) is 9.80. The molecule has 1 atom stereocenters. The van der Waals surface area contributed by atoms with Crippen molar-refractivity contribution in [3.8, 4) is 0 Å². The molecule has 1 aromatic rings. The van der Waals surface area contributed by atoms with Crippen molar-refractivity contribution in [2.45, 2.75) is 20.0 Å². The van der Waals surface area contributed by atoms with Crippen LogP contribution < -0.4 is 10.6 Å². The highest BCUT2D eigenvalue weighted by atomic mass is 15.4. The van der Waals surface area contributed by atoms with Crippen LogP contribution in [0.25, 0.3) is 0 Å². The molecular weight excluding hydrogens is 200 g/mol. The highest BCUT2D eigenvalue weighted by molar-refractivity contribution is 5.55. The summed E-state index contributed by atoms with van der Waals surface area (Å²) in [4.78, 5) is 8.63. The first-order chi connectivity index (χ1) is 7.74. The lowest BCUT2D eigenvalue weighted by Gasteiger charge is -2.30. The van der Waals surface area contributed by atoms with Gasteiger partial charge in [0.05, 0.1) is 11.9 Å². The van der Waals surface area contributed by atoms with Gasteiger partial charge in [-0.1, -0.05) is 0 Å². The Morgan fingerprint density at radius 2 is 2.25 bits per heavy atom. The molecule has 4 heteroatoms. The lowest BCUT2D eigenvalue weighted by Crippen LogP contribution is -2.38. The van der Waals surface area contributed by atoms with Gasteiger partial charge in [0.1, 0.15) is 6.17 Å². The molecule has 0 saturated heterocycles. The number of hydrogen-bond acceptors (Lipinski definition) is 4. The Morgan fingerprint density at radius 3 is 2.94 bits per heavy atom. The normalized spacial score (nSPS) is 19.6. The lowest BCUT2D eigenvalue weighted by atomic mass is 10.2. The average molecular weight is 218 g/mol. The van der Waals surface area contributed by atoms with Gasteiger partial charge in [-0.15, -0.1) is 0 Å². The van der Waals surface area contributed by atoms with Crippen LogP contribution in [0.15, 0.2) is 30.9 Å². The van der Waals surface area contributed by atoms with Gasteiger partial charge >= 0.3 is 0 Å². The van der Waals surface area contributed by atoms with Crippen LogP contribution in [-0.2, 0) is 0 Å². The molecule has 0 radical (unpaired) electrons. The molecule has 0 aliphatic carbocycles. The van der Waals surface area contributed by atoms with Crippen molar-refractivity contribution in [2.24, 2.45) is 5.73 Å². The third kappa shape index (κ3) is 1.88. The SMILES string of the molecule is Cc1ccncc1N1C=CN(CCN)[C@@H]1C. The maximum atomic E-state index is 5.58. The van der Waals surface area contributed by atoms with E-state index in [1.165, 1.54) is 5.56 Å². The first-order valence-electron chi connectivity index (χ1n) is 5.57. The summed E-state index contributed by atoms with van der Waals surface area (Å²) in [5, 5.41) is 0. The monoisotopic (exact) mass is 218 g/mol. The van der Waals surface area contributed by atoms with Gasteiger partial charge in [0.25, 0.3) is 0 Å². The van der Waals surface area contributed by atoms with Gasteiger partial charge < -0.3 is 15.5 Å². The molecule has 2 heterocycles. The molecule has 86 valence electrons. The van der Waals surface area contributed by atoms with Gasteiger partial charge in [0.2, 0.25) is 0 Å². The van der Waals surface area contributed by atoms with Crippen LogP contribution in [0.1, 0.15) is 12.5 Å². The van der Waals surface area contributed by atoms with Crippen molar-refractivity contribution in [2.75, 3.05) is 18.0 Å². The van der Waals surface area contributed by atoms with Crippen LogP contribution in [-0.4, -0.2) is 29.1 Å². The minimum absolute atomic E-state index is 0.312. The Morgan fingerprint density at radius 1 is 1.44 bits per heavy atom. The fourth-order valence-electron chi connectivity index (χ4n) is 1.98. The lowest BCUT2D eigenvalue weighted by molar-refractivity contribution is 0.326. The smallest absolute Gasteiger partial charge is 0.103 e. The molecule has 1 aliphatic rings. The van der Waals surface area contributed by atoms with E-state index in [-0.39, 0.29) is 0 Å². The second-order valence-corrected chi connectivity index (χ2v) is 4.03. The molecule has 0 fully saturated rings. The van der Waals surface area contributed by atoms with Crippen molar-refractivity contribution < 1.29 is 0 Å². The Labute approximate surface area is 96.4 Å². The minimum Gasteiger partial charge on any atom is -0.355 e. The average Bonchev–Trinajstić information content (AvgIpc) is 2.62. The van der Waals surface area contributed by atoms with Crippen LogP contribution in [0.4, 0.5) is 5.69 Å². The van der Waals surface area contributed by atoms with Crippen molar-refractivity contribution >= 4 is 5.69 Å². The van der Waals surface area contributed by atoms with E-state index in [0.717, 1.165) is 12.2 Å². The van der Waals surface area contributed by atoms with Gasteiger partial charge in [0.15, 0.2) is 0 Å². The van der Waals surface area contributed by atoms with Gasteiger partial charge in [-0.25, -0.2) is 0 Å². The maximum absolute atomic E-state index is 5.58. The molecule has 2 N–H and O–H groups in total. The van der Waals surface area contributed by atoms with Crippen molar-refractivity contribution in [1.82, 2.24) is 9.88 Å². The fourth-order valence-corrected chi connectivity index (χ4v) is 1.98. The van der Waals surface area contributed by atoms with Gasteiger partial charge in [-0.3, -0.25) is 4.98 Å². The summed E-state index contributed by atoms with van der Waals surface area (Å²) in [5.74, 6) is 0. The van der Waals surface area contributed by atoms with E-state index in [1.54, 1.807) is 0 Å². The fraction of sp³-hybridized carbons (Fsp3) is 0.417. The Balaban J connectivity index is 2.19. The Kier molecular flexibility index (Phi) is 3.10. The molecule has 0 unspecified atom stereocenters. The van der Waals surface area contributed by atoms with Crippen LogP contribution in [0.2, 0.25) is 0 Å². The summed E-state index contributed by atoms with van der Waals surface area (Å²) in [6.45, 7) is 5.83. The molecule has 1 aliphatic heterocycles. The van der Waals surface area contributed by atoms with Gasteiger partial charge in [-0.2, -0.15) is 0 Å². The molecule has 16 heavy (non-hydrogen) atoms. The van der Waals surface area contributed by atoms with E-state index in [2.05, 4.69) is 41.0 Å². The second kappa shape index (κ2) is 4.53. The number of rotatable bonds is 3. The molecule has 0 bridgehead atoms. The second-order valence-electron chi connectivity index (χ2n) is 4.03. The molecule has 0 saturated carbocycles. The summed E-state index contributed by atoms with van der Waals surface area (Å²) in [5.41, 5.74) is 7.97. The molecule has 2 rings (SSSR count). The van der Waals surface area contributed by atoms with Gasteiger partial charge in [-0.05, 0) is 25.5 Å². The number of nitrogens with zero attached hydrogens (tertiary/aromatic N) is 3. The summed E-state index contributed by atoms with van der Waals surface area (Å²) in [6.07, 6.45) is 8.21. The molecule has 0 aromatic carbocycles. The van der Waals surface area contributed by atoms with E-state index in [0.29, 0.717) is 12.7 Å². The quantitative estimate of drug-likeness (QED) is 0.830. The maximum Gasteiger partial charge on any atom is 0.103 e. The largest absolute Gasteiger partial charge is 0.355 e. The zero-order valence-corrected chi connectivity index (χ0v) is 9.80. The Bertz CT molecular complexity index is 388. The number of aryl methyl sites for hydroxylation is 1. The number of aromatic nitrogens is 1. The zero-order chi connectivity index (χ0) is 11.5. The van der Waals surface area contributed by atoms with E-state index < -0.39 is 0 Å². The van der Waals surface area contributed by atoms with Crippen LogP contribution in [0.3, 0.4) is 0 Å². The summed E-state index contributed by atoms with van der Waals surface area (Å²) >= 11 is 0. The predicted octanol–water partition coefficient (Wildman–Crippen LogP) is 1.29. The Hall–Kier alpha value is -1.55. The van der Waals surface area contributed by atoms with E-state index in [9.17, 15) is 0 Å². The molecule has 0 amide bonds. The van der Waals surface area contributed by atoms with Crippen LogP contribution in [0.5, 0.6) is 0 Å². The minimum atomic E-state index is 0.312. The third-order valence-electron chi connectivity index (χ3n) is 2.98. The standard InChI is InChI=1S/C12H18N4/c1-10-3-5-14-9-12(10)16-8-7-15(6-4-13)11(16)2/h3,5,7-9,11H,4,6,13H2,1-2H3/t11-/m0/s1. The first kappa shape index (κ1) is 11.0. The topological polar surface area (TPSA) is 45.4 Å². The van der Waals surface area contributed by atoms with E-state index in [1.807, 2.05) is 18.5 Å². The first-order valence-corrected chi connectivity index (χ1v) is 5.57. The van der Waals surface area contributed by atoms with Gasteiger partial charge in [0, 0.05) is 31.7 Å². The number of anilines is 1. The number of hydrogen-bond donors (Lipinski definition) is 1. The molecular formula is C12H18N4. The van der Waals surface area contributed by atoms with Crippen molar-refractivity contribution in [3.63, 3.8) is 0 Å². The van der Waals surface area contributed by atoms with E-state index >= 15 is 0 Å². The highest BCUT2D eigenvalue weighted by Gasteiger charge is 2.23. The van der Waals surface area contributed by atoms with E-state index in [4.69, 9.17) is 5.73 Å². The van der Waals surface area contributed by atoms with Crippen molar-refractivity contribution in [1.29, 1.82) is 0 Å². The molecule has 4 nitrogen and oxygen atoms in total. The third-order valence-corrected chi connectivity index (χ3v) is 2.98. The highest BCUT2D eigenvalue weighted by Crippen LogP contribution is 2.26.